The minimum atomic E-state index is 0.0753. The maximum atomic E-state index is 5.79. The smallest absolute Gasteiger partial charge is 0.178 e. The van der Waals surface area contributed by atoms with Crippen molar-refractivity contribution in [2.45, 2.75) is 33.9 Å². The van der Waals surface area contributed by atoms with E-state index in [0.29, 0.717) is 0 Å². The van der Waals surface area contributed by atoms with Crippen molar-refractivity contribution in [1.29, 1.82) is 0 Å². The van der Waals surface area contributed by atoms with Crippen molar-refractivity contribution < 1.29 is 4.74 Å². The van der Waals surface area contributed by atoms with Crippen LogP contribution >= 0.6 is 24.4 Å². The molecule has 0 radical (unpaired) electrons. The molecule has 15 heavy (non-hydrogen) atoms. The highest BCUT2D eigenvalue weighted by Crippen LogP contribution is 2.30. The fraction of sp³-hybridized carbons (Fsp3) is 0.636. The summed E-state index contributed by atoms with van der Waals surface area (Å²) in [7, 11) is 0. The van der Waals surface area contributed by atoms with Gasteiger partial charge in [0.15, 0.2) is 6.23 Å². The summed E-state index contributed by atoms with van der Waals surface area (Å²) in [5.41, 5.74) is 0.0802. The maximum absolute atomic E-state index is 5.79. The van der Waals surface area contributed by atoms with Crippen LogP contribution in [0.1, 0.15) is 27.7 Å². The van der Waals surface area contributed by atoms with Gasteiger partial charge in [-0.3, -0.25) is 0 Å². The predicted molar refractivity (Wildman–Crippen MR) is 70.7 cm³/mol. The first-order valence-corrected chi connectivity index (χ1v) is 6.48. The summed E-state index contributed by atoms with van der Waals surface area (Å²) < 4.78 is 6.82. The molecule has 86 valence electrons. The summed E-state index contributed by atoms with van der Waals surface area (Å²) in [6.45, 7) is 8.42. The average Bonchev–Trinajstić information content (AvgIpc) is 2.61. The van der Waals surface area contributed by atoms with Crippen LogP contribution in [0.15, 0.2) is 22.3 Å². The summed E-state index contributed by atoms with van der Waals surface area (Å²) in [5, 5.41) is 3.23. The van der Waals surface area contributed by atoms with Crippen LogP contribution in [-0.2, 0) is 4.74 Å². The van der Waals surface area contributed by atoms with Crippen molar-refractivity contribution in [2.24, 2.45) is 5.41 Å². The standard InChI is InChI=1S/C11H19NOS2/c1-5-10(14)15-7-9-12-6-8(13-9)11(2,3)4/h5-6,9,12,14H,7H2,1-4H3/b10-5+. The molecule has 1 N–H and O–H groups in total. The van der Waals surface area contributed by atoms with Crippen LogP contribution in [0.5, 0.6) is 0 Å². The van der Waals surface area contributed by atoms with E-state index in [9.17, 15) is 0 Å². The molecule has 0 aromatic carbocycles. The number of hydrogen-bond acceptors (Lipinski definition) is 4. The lowest BCUT2D eigenvalue weighted by Gasteiger charge is -2.21. The van der Waals surface area contributed by atoms with Gasteiger partial charge in [0, 0.05) is 15.9 Å². The molecule has 1 aliphatic rings. The molecule has 0 spiro atoms. The van der Waals surface area contributed by atoms with E-state index >= 15 is 0 Å². The molecule has 0 fully saturated rings. The molecule has 1 atom stereocenters. The van der Waals surface area contributed by atoms with Gasteiger partial charge in [0.25, 0.3) is 0 Å². The van der Waals surface area contributed by atoms with Gasteiger partial charge in [0.05, 0.1) is 5.75 Å². The van der Waals surface area contributed by atoms with Crippen molar-refractivity contribution in [1.82, 2.24) is 5.32 Å². The molecule has 0 amide bonds. The minimum absolute atomic E-state index is 0.0753. The van der Waals surface area contributed by atoms with Crippen molar-refractivity contribution in [3.8, 4) is 0 Å². The van der Waals surface area contributed by atoms with Crippen LogP contribution in [0.25, 0.3) is 0 Å². The number of rotatable bonds is 3. The molecule has 0 aliphatic carbocycles. The van der Waals surface area contributed by atoms with E-state index in [1.54, 1.807) is 11.8 Å². The quantitative estimate of drug-likeness (QED) is 0.745. The number of allylic oxidation sites excluding steroid dienone is 2. The Morgan fingerprint density at radius 2 is 2.33 bits per heavy atom. The van der Waals surface area contributed by atoms with Crippen LogP contribution in [0, 0.1) is 5.41 Å². The van der Waals surface area contributed by atoms with Gasteiger partial charge in [0.1, 0.15) is 5.76 Å². The Morgan fingerprint density at radius 1 is 1.67 bits per heavy atom. The zero-order valence-electron chi connectivity index (χ0n) is 9.70. The van der Waals surface area contributed by atoms with Gasteiger partial charge in [0.2, 0.25) is 0 Å². The Hall–Kier alpha value is -0.220. The Bertz CT molecular complexity index is 279. The lowest BCUT2D eigenvalue weighted by Crippen LogP contribution is -2.24. The predicted octanol–water partition coefficient (Wildman–Crippen LogP) is 3.34. The molecular formula is C11H19NOS2. The van der Waals surface area contributed by atoms with E-state index < -0.39 is 0 Å². The molecule has 0 aromatic rings. The molecule has 1 rings (SSSR count). The molecule has 2 nitrogen and oxygen atoms in total. The van der Waals surface area contributed by atoms with Crippen molar-refractivity contribution >= 4 is 24.4 Å². The van der Waals surface area contributed by atoms with Crippen LogP contribution in [0.2, 0.25) is 0 Å². The number of ether oxygens (including phenoxy) is 1. The van der Waals surface area contributed by atoms with Crippen molar-refractivity contribution in [3.05, 3.63) is 22.3 Å². The molecule has 0 aromatic heterocycles. The number of hydrogen-bond donors (Lipinski definition) is 2. The number of thiol groups is 1. The van der Waals surface area contributed by atoms with E-state index in [-0.39, 0.29) is 11.6 Å². The van der Waals surface area contributed by atoms with Crippen LogP contribution < -0.4 is 5.32 Å². The zero-order valence-corrected chi connectivity index (χ0v) is 11.4. The average molecular weight is 245 g/mol. The van der Waals surface area contributed by atoms with Gasteiger partial charge in [-0.15, -0.1) is 24.4 Å². The Labute approximate surface area is 102 Å². The number of nitrogens with one attached hydrogen (secondary N) is 1. The van der Waals surface area contributed by atoms with Crippen LogP contribution in [0.4, 0.5) is 0 Å². The first kappa shape index (κ1) is 12.8. The maximum Gasteiger partial charge on any atom is 0.178 e. The lowest BCUT2D eigenvalue weighted by atomic mass is 9.95. The first-order valence-electron chi connectivity index (χ1n) is 5.05. The second-order valence-electron chi connectivity index (χ2n) is 4.47. The van der Waals surface area contributed by atoms with Crippen molar-refractivity contribution in [3.63, 3.8) is 0 Å². The van der Waals surface area contributed by atoms with Gasteiger partial charge in [-0.25, -0.2) is 0 Å². The fourth-order valence-corrected chi connectivity index (χ4v) is 1.99. The number of thioether (sulfide) groups is 1. The van der Waals surface area contributed by atoms with Gasteiger partial charge >= 0.3 is 0 Å². The van der Waals surface area contributed by atoms with E-state index in [4.69, 9.17) is 4.74 Å². The summed E-state index contributed by atoms with van der Waals surface area (Å²) >= 11 is 6.00. The second-order valence-corrected chi connectivity index (χ2v) is 6.32. The Balaban J connectivity index is 2.35. The van der Waals surface area contributed by atoms with Gasteiger partial charge in [-0.1, -0.05) is 26.8 Å². The highest BCUT2D eigenvalue weighted by molar-refractivity contribution is 8.15. The molecule has 1 unspecified atom stereocenters. The van der Waals surface area contributed by atoms with Crippen molar-refractivity contribution in [2.75, 3.05) is 5.75 Å². The van der Waals surface area contributed by atoms with E-state index in [1.165, 1.54) is 0 Å². The normalized spacial score (nSPS) is 22.1. The molecule has 4 heteroatoms. The highest BCUT2D eigenvalue weighted by Gasteiger charge is 2.26. The third kappa shape index (κ3) is 4.03. The molecule has 1 aliphatic heterocycles. The highest BCUT2D eigenvalue weighted by atomic mass is 32.2. The minimum Gasteiger partial charge on any atom is -0.472 e. The molecule has 0 saturated carbocycles. The second kappa shape index (κ2) is 5.21. The Morgan fingerprint density at radius 3 is 2.80 bits per heavy atom. The van der Waals surface area contributed by atoms with E-state index in [0.717, 1.165) is 15.7 Å². The Kier molecular flexibility index (Phi) is 4.46. The summed E-state index contributed by atoms with van der Waals surface area (Å²) in [6.07, 6.45) is 4.03. The monoisotopic (exact) mass is 245 g/mol. The lowest BCUT2D eigenvalue weighted by molar-refractivity contribution is 0.108. The molecule has 1 heterocycles. The third-order valence-electron chi connectivity index (χ3n) is 2.04. The van der Waals surface area contributed by atoms with E-state index in [1.807, 2.05) is 19.2 Å². The summed E-state index contributed by atoms with van der Waals surface area (Å²) in [4.78, 5) is 0. The van der Waals surface area contributed by atoms with Gasteiger partial charge < -0.3 is 10.1 Å². The zero-order chi connectivity index (χ0) is 11.5. The molecular weight excluding hydrogens is 226 g/mol. The van der Waals surface area contributed by atoms with Crippen LogP contribution in [-0.4, -0.2) is 12.0 Å². The van der Waals surface area contributed by atoms with Gasteiger partial charge in [-0.2, -0.15) is 0 Å². The first-order chi connectivity index (χ1) is 6.93. The molecule has 0 bridgehead atoms. The summed E-state index contributed by atoms with van der Waals surface area (Å²) in [5.74, 6) is 1.90. The third-order valence-corrected chi connectivity index (χ3v) is 3.68. The largest absolute Gasteiger partial charge is 0.472 e. The SMILES string of the molecule is C/C=C(\S)SCC1NC=C(C(C)(C)C)O1. The van der Waals surface area contributed by atoms with Crippen LogP contribution in [0.3, 0.4) is 0 Å². The fourth-order valence-electron chi connectivity index (χ4n) is 1.11. The van der Waals surface area contributed by atoms with E-state index in [2.05, 4.69) is 38.7 Å². The summed E-state index contributed by atoms with van der Waals surface area (Å²) in [6, 6.07) is 0. The topological polar surface area (TPSA) is 21.3 Å². The van der Waals surface area contributed by atoms with Gasteiger partial charge in [-0.05, 0) is 6.92 Å². The molecule has 0 saturated heterocycles.